The van der Waals surface area contributed by atoms with Crippen LogP contribution < -0.4 is 0 Å². The van der Waals surface area contributed by atoms with Crippen LogP contribution in [0.15, 0.2) is 0 Å². The summed E-state index contributed by atoms with van der Waals surface area (Å²) < 4.78 is 5.10. The molecular formula is C5H10N4O. The summed E-state index contributed by atoms with van der Waals surface area (Å²) in [7, 11) is 1.61. The summed E-state index contributed by atoms with van der Waals surface area (Å²) in [5.74, 6) is 0.565. The number of nitrogens with one attached hydrogen (secondary N) is 1. The molecule has 56 valence electrons. The summed E-state index contributed by atoms with van der Waals surface area (Å²) in [5.41, 5.74) is -0.451. The Morgan fingerprint density at radius 1 is 1.50 bits per heavy atom. The van der Waals surface area contributed by atoms with Gasteiger partial charge in [-0.15, -0.1) is 10.2 Å². The van der Waals surface area contributed by atoms with Crippen molar-refractivity contribution >= 4 is 0 Å². The largest absolute Gasteiger partial charge is 0.371 e. The number of H-pyrrole nitrogens is 1. The number of ether oxygens (including phenoxy) is 1. The van der Waals surface area contributed by atoms with Gasteiger partial charge in [-0.3, -0.25) is 0 Å². The molecule has 5 nitrogen and oxygen atoms in total. The molecule has 0 saturated heterocycles. The number of rotatable bonds is 2. The van der Waals surface area contributed by atoms with Gasteiger partial charge in [0.25, 0.3) is 0 Å². The molecule has 0 spiro atoms. The Hall–Kier alpha value is -0.970. The zero-order valence-electron chi connectivity index (χ0n) is 6.25. The first-order chi connectivity index (χ1) is 4.67. The Labute approximate surface area is 58.8 Å². The first-order valence-corrected chi connectivity index (χ1v) is 2.96. The van der Waals surface area contributed by atoms with Crippen molar-refractivity contribution in [3.63, 3.8) is 0 Å². The van der Waals surface area contributed by atoms with Crippen molar-refractivity contribution in [2.75, 3.05) is 7.11 Å². The summed E-state index contributed by atoms with van der Waals surface area (Å²) in [4.78, 5) is 0. The third-order valence-corrected chi connectivity index (χ3v) is 1.39. The van der Waals surface area contributed by atoms with Crippen LogP contribution in [0.5, 0.6) is 0 Å². The lowest BCUT2D eigenvalue weighted by Crippen LogP contribution is -2.21. The average molecular weight is 142 g/mol. The Morgan fingerprint density at radius 2 is 2.20 bits per heavy atom. The van der Waals surface area contributed by atoms with Crippen LogP contribution in [0, 0.1) is 0 Å². The maximum absolute atomic E-state index is 5.10. The fourth-order valence-corrected chi connectivity index (χ4v) is 0.508. The van der Waals surface area contributed by atoms with Gasteiger partial charge < -0.3 is 4.74 Å². The van der Waals surface area contributed by atoms with E-state index in [0.717, 1.165) is 0 Å². The Morgan fingerprint density at radius 3 is 2.60 bits per heavy atom. The van der Waals surface area contributed by atoms with Gasteiger partial charge in [-0.05, 0) is 13.8 Å². The second-order valence-electron chi connectivity index (χ2n) is 2.45. The number of aromatic amines is 1. The van der Waals surface area contributed by atoms with E-state index in [1.807, 2.05) is 13.8 Å². The zero-order chi connectivity index (χ0) is 7.61. The minimum Gasteiger partial charge on any atom is -0.371 e. The van der Waals surface area contributed by atoms with E-state index in [9.17, 15) is 0 Å². The highest BCUT2D eigenvalue weighted by Crippen LogP contribution is 2.17. The first-order valence-electron chi connectivity index (χ1n) is 2.96. The van der Waals surface area contributed by atoms with E-state index in [1.165, 1.54) is 0 Å². The predicted molar refractivity (Wildman–Crippen MR) is 34.2 cm³/mol. The van der Waals surface area contributed by atoms with Crippen molar-refractivity contribution < 1.29 is 4.74 Å². The van der Waals surface area contributed by atoms with Crippen LogP contribution in [-0.2, 0) is 10.3 Å². The molecule has 10 heavy (non-hydrogen) atoms. The highest BCUT2D eigenvalue weighted by molar-refractivity contribution is 4.91. The van der Waals surface area contributed by atoms with Crippen molar-refractivity contribution in [1.29, 1.82) is 0 Å². The Balaban J connectivity index is 2.85. The number of aromatic nitrogens is 4. The van der Waals surface area contributed by atoms with Crippen molar-refractivity contribution in [2.45, 2.75) is 19.4 Å². The van der Waals surface area contributed by atoms with Crippen LogP contribution >= 0.6 is 0 Å². The average Bonchev–Trinajstić information content (AvgIpc) is 2.38. The van der Waals surface area contributed by atoms with E-state index in [1.54, 1.807) is 7.11 Å². The molecule has 0 amide bonds. The lowest BCUT2D eigenvalue weighted by molar-refractivity contribution is 0.0115. The molecular weight excluding hydrogens is 132 g/mol. The van der Waals surface area contributed by atoms with Gasteiger partial charge in [-0.25, -0.2) is 0 Å². The molecule has 0 fully saturated rings. The number of hydrogen-bond acceptors (Lipinski definition) is 4. The molecule has 5 heteroatoms. The second-order valence-corrected chi connectivity index (χ2v) is 2.45. The predicted octanol–water partition coefficient (Wildman–Crippen LogP) is 0.0812. The molecule has 0 unspecified atom stereocenters. The monoisotopic (exact) mass is 142 g/mol. The lowest BCUT2D eigenvalue weighted by atomic mass is 10.1. The van der Waals surface area contributed by atoms with Gasteiger partial charge in [0.1, 0.15) is 5.60 Å². The highest BCUT2D eigenvalue weighted by Gasteiger charge is 2.23. The van der Waals surface area contributed by atoms with Crippen LogP contribution in [0.3, 0.4) is 0 Å². The van der Waals surface area contributed by atoms with Gasteiger partial charge >= 0.3 is 0 Å². The quantitative estimate of drug-likeness (QED) is 0.635. The molecule has 1 heterocycles. The second kappa shape index (κ2) is 2.34. The topological polar surface area (TPSA) is 63.7 Å². The van der Waals surface area contributed by atoms with Crippen LogP contribution in [0.25, 0.3) is 0 Å². The van der Waals surface area contributed by atoms with Crippen molar-refractivity contribution in [3.8, 4) is 0 Å². The molecule has 0 aliphatic carbocycles. The summed E-state index contributed by atoms with van der Waals surface area (Å²) in [5, 5.41) is 13.4. The van der Waals surface area contributed by atoms with Crippen LogP contribution in [-0.4, -0.2) is 27.7 Å². The molecule has 0 bridgehead atoms. The van der Waals surface area contributed by atoms with E-state index >= 15 is 0 Å². The maximum Gasteiger partial charge on any atom is 0.205 e. The number of hydrogen-bond donors (Lipinski definition) is 1. The summed E-state index contributed by atoms with van der Waals surface area (Å²) in [6.45, 7) is 3.75. The van der Waals surface area contributed by atoms with E-state index < -0.39 is 5.60 Å². The van der Waals surface area contributed by atoms with Crippen LogP contribution in [0.1, 0.15) is 19.7 Å². The highest BCUT2D eigenvalue weighted by atomic mass is 16.5. The fourth-order valence-electron chi connectivity index (χ4n) is 0.508. The molecule has 0 radical (unpaired) electrons. The summed E-state index contributed by atoms with van der Waals surface area (Å²) >= 11 is 0. The molecule has 1 aromatic rings. The first kappa shape index (κ1) is 7.14. The third kappa shape index (κ3) is 1.13. The van der Waals surface area contributed by atoms with Crippen LogP contribution in [0.2, 0.25) is 0 Å². The normalized spacial score (nSPS) is 11.9. The standard InChI is InChI=1S/C5H10N4O/c1-5(2,10-3)4-6-8-9-7-4/h1-3H3,(H,6,7,8,9). The van der Waals surface area contributed by atoms with Crippen molar-refractivity contribution in [2.24, 2.45) is 0 Å². The summed E-state index contributed by atoms with van der Waals surface area (Å²) in [6, 6.07) is 0. The molecule has 0 saturated carbocycles. The van der Waals surface area contributed by atoms with Gasteiger partial charge in [0.2, 0.25) is 5.82 Å². The smallest absolute Gasteiger partial charge is 0.205 e. The van der Waals surface area contributed by atoms with Gasteiger partial charge in [0, 0.05) is 7.11 Å². The minimum absolute atomic E-state index is 0.451. The molecule has 1 N–H and O–H groups in total. The van der Waals surface area contributed by atoms with E-state index in [-0.39, 0.29) is 0 Å². The van der Waals surface area contributed by atoms with Crippen LogP contribution in [0.4, 0.5) is 0 Å². The van der Waals surface area contributed by atoms with Gasteiger partial charge in [0.15, 0.2) is 0 Å². The maximum atomic E-state index is 5.10. The molecule has 0 atom stereocenters. The van der Waals surface area contributed by atoms with Crippen molar-refractivity contribution in [1.82, 2.24) is 20.6 Å². The molecule has 0 aliphatic heterocycles. The van der Waals surface area contributed by atoms with Gasteiger partial charge in [0.05, 0.1) is 0 Å². The zero-order valence-corrected chi connectivity index (χ0v) is 6.25. The Kier molecular flexibility index (Phi) is 1.67. The van der Waals surface area contributed by atoms with E-state index in [4.69, 9.17) is 4.74 Å². The minimum atomic E-state index is -0.451. The van der Waals surface area contributed by atoms with E-state index in [0.29, 0.717) is 5.82 Å². The van der Waals surface area contributed by atoms with Gasteiger partial charge in [-0.2, -0.15) is 5.21 Å². The molecule has 1 rings (SSSR count). The Bertz CT molecular complexity index is 193. The van der Waals surface area contributed by atoms with E-state index in [2.05, 4.69) is 20.6 Å². The number of tetrazole rings is 1. The molecule has 1 aromatic heterocycles. The third-order valence-electron chi connectivity index (χ3n) is 1.39. The molecule has 0 aromatic carbocycles. The van der Waals surface area contributed by atoms with Crippen molar-refractivity contribution in [3.05, 3.63) is 5.82 Å². The SMILES string of the molecule is COC(C)(C)c1nn[nH]n1. The fraction of sp³-hybridized carbons (Fsp3) is 0.800. The number of nitrogens with zero attached hydrogens (tertiary/aromatic N) is 3. The summed E-state index contributed by atoms with van der Waals surface area (Å²) in [6.07, 6.45) is 0. The number of methoxy groups -OCH3 is 1. The lowest BCUT2D eigenvalue weighted by Gasteiger charge is -2.17. The van der Waals surface area contributed by atoms with Gasteiger partial charge in [-0.1, -0.05) is 5.21 Å². The molecule has 0 aliphatic rings.